The van der Waals surface area contributed by atoms with E-state index in [0.717, 1.165) is 12.8 Å². The monoisotopic (exact) mass is 244 g/mol. The fraction of sp³-hybridized carbons (Fsp3) is 0.818. The number of methoxy groups -OCH3 is 1. The number of nitrogens with one attached hydrogen (secondary N) is 1. The minimum absolute atomic E-state index is 0.0533. The number of aliphatic hydroxyl groups is 1. The van der Waals surface area contributed by atoms with Gasteiger partial charge in [0, 0.05) is 12.6 Å². The van der Waals surface area contributed by atoms with Crippen LogP contribution in [0.5, 0.6) is 0 Å². The molecule has 1 amide bonds. The number of hydrogen-bond acceptors (Lipinski definition) is 5. The second-order valence-corrected chi connectivity index (χ2v) is 4.78. The highest BCUT2D eigenvalue weighted by molar-refractivity contribution is 5.80. The molecule has 1 saturated carbocycles. The van der Waals surface area contributed by atoms with Gasteiger partial charge in [0.2, 0.25) is 5.91 Å². The van der Waals surface area contributed by atoms with Crippen molar-refractivity contribution >= 4 is 11.9 Å². The Kier molecular flexibility index (Phi) is 4.47. The second kappa shape index (κ2) is 5.46. The number of hydrogen-bond donors (Lipinski definition) is 2. The summed E-state index contributed by atoms with van der Waals surface area (Å²) in [6.45, 7) is 1.58. The summed E-state index contributed by atoms with van der Waals surface area (Å²) in [4.78, 5) is 24.3. The molecule has 0 aromatic carbocycles. The van der Waals surface area contributed by atoms with Crippen LogP contribution in [0.2, 0.25) is 0 Å². The molecule has 1 aliphatic rings. The molecule has 17 heavy (non-hydrogen) atoms. The average molecular weight is 244 g/mol. The van der Waals surface area contributed by atoms with Gasteiger partial charge in [-0.05, 0) is 26.8 Å². The van der Waals surface area contributed by atoms with E-state index in [1.165, 1.54) is 14.0 Å². The molecule has 0 aromatic rings. The van der Waals surface area contributed by atoms with Crippen LogP contribution in [0.4, 0.5) is 0 Å². The normalized spacial score (nSPS) is 18.6. The summed E-state index contributed by atoms with van der Waals surface area (Å²) in [5.74, 6) is -0.789. The summed E-state index contributed by atoms with van der Waals surface area (Å²) in [5.41, 5.74) is -1.59. The van der Waals surface area contributed by atoms with E-state index in [1.54, 1.807) is 11.9 Å². The van der Waals surface area contributed by atoms with Crippen LogP contribution in [-0.2, 0) is 14.3 Å². The van der Waals surface area contributed by atoms with Gasteiger partial charge in [-0.15, -0.1) is 0 Å². The Balaban J connectivity index is 2.34. The first-order valence-corrected chi connectivity index (χ1v) is 5.64. The lowest BCUT2D eigenvalue weighted by molar-refractivity contribution is -0.162. The molecule has 6 heteroatoms. The number of carbonyl (C=O) groups excluding carboxylic acids is 2. The van der Waals surface area contributed by atoms with Crippen LogP contribution in [0.3, 0.4) is 0 Å². The van der Waals surface area contributed by atoms with E-state index in [9.17, 15) is 14.7 Å². The number of rotatable bonds is 6. The maximum atomic E-state index is 11.5. The smallest absolute Gasteiger partial charge is 0.338 e. The zero-order valence-electron chi connectivity index (χ0n) is 10.5. The standard InChI is InChI=1S/C11H20N2O4/c1-11(16,10(15)17-3)7-13(2)6-9(14)12-8-4-5-8/h8,16H,4-7H2,1-3H3,(H,12,14). The van der Waals surface area contributed by atoms with Gasteiger partial charge in [0.25, 0.3) is 0 Å². The fourth-order valence-corrected chi connectivity index (χ4v) is 1.61. The Morgan fingerprint density at radius 2 is 2.12 bits per heavy atom. The lowest BCUT2D eigenvalue weighted by Gasteiger charge is -2.26. The maximum absolute atomic E-state index is 11.5. The molecule has 0 radical (unpaired) electrons. The van der Waals surface area contributed by atoms with Crippen LogP contribution in [0.25, 0.3) is 0 Å². The lowest BCUT2D eigenvalue weighted by atomic mass is 10.1. The van der Waals surface area contributed by atoms with E-state index in [1.807, 2.05) is 0 Å². The Morgan fingerprint density at radius 1 is 1.53 bits per heavy atom. The summed E-state index contributed by atoms with van der Waals surface area (Å²) < 4.78 is 4.48. The van der Waals surface area contributed by atoms with Gasteiger partial charge in [-0.25, -0.2) is 4.79 Å². The van der Waals surface area contributed by atoms with Gasteiger partial charge in [0.15, 0.2) is 5.60 Å². The van der Waals surface area contributed by atoms with E-state index < -0.39 is 11.6 Å². The molecule has 0 aliphatic heterocycles. The van der Waals surface area contributed by atoms with Crippen LogP contribution in [0.1, 0.15) is 19.8 Å². The molecule has 1 rings (SSSR count). The molecule has 1 unspecified atom stereocenters. The van der Waals surface area contributed by atoms with Crippen molar-refractivity contribution in [3.63, 3.8) is 0 Å². The summed E-state index contributed by atoms with van der Waals surface area (Å²) in [6.07, 6.45) is 2.07. The molecule has 2 N–H and O–H groups in total. The summed E-state index contributed by atoms with van der Waals surface area (Å²) in [6, 6.07) is 0.317. The highest BCUT2D eigenvalue weighted by Gasteiger charge is 2.33. The minimum Gasteiger partial charge on any atom is -0.467 e. The number of ether oxygens (including phenoxy) is 1. The van der Waals surface area contributed by atoms with E-state index >= 15 is 0 Å². The Bertz CT molecular complexity index is 300. The Labute approximate surface area is 101 Å². The zero-order chi connectivity index (χ0) is 13.1. The van der Waals surface area contributed by atoms with Crippen molar-refractivity contribution in [2.75, 3.05) is 27.2 Å². The molecular weight excluding hydrogens is 224 g/mol. The minimum atomic E-state index is -1.59. The molecule has 6 nitrogen and oxygen atoms in total. The van der Waals surface area contributed by atoms with E-state index in [2.05, 4.69) is 10.1 Å². The van der Waals surface area contributed by atoms with Crippen molar-refractivity contribution in [1.82, 2.24) is 10.2 Å². The van der Waals surface area contributed by atoms with Crippen molar-refractivity contribution < 1.29 is 19.4 Å². The quantitative estimate of drug-likeness (QED) is 0.593. The first kappa shape index (κ1) is 13.9. The summed E-state index contributed by atoms with van der Waals surface area (Å²) >= 11 is 0. The maximum Gasteiger partial charge on any atom is 0.338 e. The van der Waals surface area contributed by atoms with Crippen molar-refractivity contribution in [3.8, 4) is 0 Å². The first-order chi connectivity index (χ1) is 7.85. The van der Waals surface area contributed by atoms with Gasteiger partial charge in [0.05, 0.1) is 13.7 Å². The van der Waals surface area contributed by atoms with Gasteiger partial charge in [-0.3, -0.25) is 9.69 Å². The SMILES string of the molecule is COC(=O)C(C)(O)CN(C)CC(=O)NC1CC1. The zero-order valence-corrected chi connectivity index (χ0v) is 10.5. The molecular formula is C11H20N2O4. The average Bonchev–Trinajstić information content (AvgIpc) is 2.98. The molecule has 0 bridgehead atoms. The molecule has 98 valence electrons. The number of amides is 1. The third-order valence-electron chi connectivity index (χ3n) is 2.56. The lowest BCUT2D eigenvalue weighted by Crippen LogP contribution is -2.48. The van der Waals surface area contributed by atoms with Crippen molar-refractivity contribution in [2.45, 2.75) is 31.4 Å². The van der Waals surface area contributed by atoms with Gasteiger partial charge >= 0.3 is 5.97 Å². The molecule has 0 spiro atoms. The van der Waals surface area contributed by atoms with E-state index in [0.29, 0.717) is 6.04 Å². The fourth-order valence-electron chi connectivity index (χ4n) is 1.61. The van der Waals surface area contributed by atoms with Gasteiger partial charge < -0.3 is 15.2 Å². The third kappa shape index (κ3) is 4.70. The van der Waals surface area contributed by atoms with Gasteiger partial charge in [0.1, 0.15) is 0 Å². The van der Waals surface area contributed by atoms with Gasteiger partial charge in [-0.2, -0.15) is 0 Å². The molecule has 1 aliphatic carbocycles. The number of carbonyl (C=O) groups is 2. The molecule has 0 heterocycles. The first-order valence-electron chi connectivity index (χ1n) is 5.64. The van der Waals surface area contributed by atoms with Crippen molar-refractivity contribution in [2.24, 2.45) is 0 Å². The van der Waals surface area contributed by atoms with E-state index in [-0.39, 0.29) is 19.0 Å². The van der Waals surface area contributed by atoms with Crippen LogP contribution in [0.15, 0.2) is 0 Å². The van der Waals surface area contributed by atoms with E-state index in [4.69, 9.17) is 0 Å². The van der Waals surface area contributed by atoms with Crippen LogP contribution >= 0.6 is 0 Å². The highest BCUT2D eigenvalue weighted by atomic mass is 16.5. The largest absolute Gasteiger partial charge is 0.467 e. The molecule has 1 fully saturated rings. The van der Waals surface area contributed by atoms with Crippen LogP contribution < -0.4 is 5.32 Å². The molecule has 1 atom stereocenters. The number of likely N-dealkylation sites (N-methyl/N-ethyl adjacent to an activating group) is 1. The third-order valence-corrected chi connectivity index (χ3v) is 2.56. The summed E-state index contributed by atoms with van der Waals surface area (Å²) in [5, 5.41) is 12.6. The number of nitrogens with zero attached hydrogens (tertiary/aromatic N) is 1. The molecule has 0 saturated heterocycles. The van der Waals surface area contributed by atoms with Crippen LogP contribution in [0, 0.1) is 0 Å². The molecule has 0 aromatic heterocycles. The summed E-state index contributed by atoms with van der Waals surface area (Å²) in [7, 11) is 2.89. The van der Waals surface area contributed by atoms with Gasteiger partial charge in [-0.1, -0.05) is 0 Å². The Morgan fingerprint density at radius 3 is 2.59 bits per heavy atom. The predicted octanol–water partition coefficient (Wildman–Crippen LogP) is -0.879. The second-order valence-electron chi connectivity index (χ2n) is 4.78. The highest BCUT2D eigenvalue weighted by Crippen LogP contribution is 2.18. The van der Waals surface area contributed by atoms with Crippen molar-refractivity contribution in [1.29, 1.82) is 0 Å². The van der Waals surface area contributed by atoms with Crippen molar-refractivity contribution in [3.05, 3.63) is 0 Å². The predicted molar refractivity (Wildman–Crippen MR) is 61.3 cm³/mol. The van der Waals surface area contributed by atoms with Crippen LogP contribution in [-0.4, -0.2) is 60.8 Å². The number of esters is 1. The Hall–Kier alpha value is -1.14. The topological polar surface area (TPSA) is 78.9 Å².